The third kappa shape index (κ3) is 3.49. The highest BCUT2D eigenvalue weighted by Gasteiger charge is 2.28. The quantitative estimate of drug-likeness (QED) is 0.845. The fourth-order valence-corrected chi connectivity index (χ4v) is 3.05. The first-order chi connectivity index (χ1) is 8.46. The third-order valence-electron chi connectivity index (χ3n) is 4.08. The van der Waals surface area contributed by atoms with Gasteiger partial charge in [-0.3, -0.25) is 0 Å². The van der Waals surface area contributed by atoms with E-state index in [1.165, 1.54) is 31.2 Å². The van der Waals surface area contributed by atoms with Gasteiger partial charge in [-0.05, 0) is 49.3 Å². The van der Waals surface area contributed by atoms with Crippen LogP contribution in [0, 0.1) is 5.41 Å². The van der Waals surface area contributed by atoms with Crippen molar-refractivity contribution in [1.82, 2.24) is 5.32 Å². The molecule has 1 fully saturated rings. The Balaban J connectivity index is 1.94. The van der Waals surface area contributed by atoms with E-state index in [1.807, 2.05) is 12.1 Å². The first-order valence-electron chi connectivity index (χ1n) is 7.01. The van der Waals surface area contributed by atoms with Crippen LogP contribution in [0.15, 0.2) is 24.3 Å². The van der Waals surface area contributed by atoms with Gasteiger partial charge in [-0.15, -0.1) is 0 Å². The number of rotatable bonds is 3. The van der Waals surface area contributed by atoms with E-state index < -0.39 is 0 Å². The second kappa shape index (κ2) is 5.31. The zero-order valence-corrected chi connectivity index (χ0v) is 11.7. The Hall–Kier alpha value is -1.02. The fourth-order valence-electron chi connectivity index (χ4n) is 3.05. The van der Waals surface area contributed by atoms with Crippen molar-refractivity contribution < 1.29 is 5.11 Å². The van der Waals surface area contributed by atoms with Crippen LogP contribution in [0.1, 0.15) is 58.1 Å². The predicted molar refractivity (Wildman–Crippen MR) is 75.7 cm³/mol. The number of benzene rings is 1. The molecule has 2 atom stereocenters. The molecule has 100 valence electrons. The van der Waals surface area contributed by atoms with E-state index >= 15 is 0 Å². The zero-order chi connectivity index (χ0) is 13.2. The van der Waals surface area contributed by atoms with Gasteiger partial charge in [-0.25, -0.2) is 0 Å². The van der Waals surface area contributed by atoms with Crippen LogP contribution in [0.5, 0.6) is 5.75 Å². The number of phenols is 1. The average Bonchev–Trinajstić information content (AvgIpc) is 2.28. The fraction of sp³-hybridized carbons (Fsp3) is 0.625. The first kappa shape index (κ1) is 13.4. The van der Waals surface area contributed by atoms with Crippen LogP contribution in [0.2, 0.25) is 0 Å². The van der Waals surface area contributed by atoms with Gasteiger partial charge in [0.15, 0.2) is 0 Å². The molecule has 1 saturated carbocycles. The summed E-state index contributed by atoms with van der Waals surface area (Å²) in [5.41, 5.74) is 1.72. The van der Waals surface area contributed by atoms with Crippen molar-refractivity contribution in [3.63, 3.8) is 0 Å². The smallest absolute Gasteiger partial charge is 0.115 e. The normalized spacial score (nSPS) is 24.7. The number of phenolic OH excluding ortho intramolecular Hbond substituents is 1. The largest absolute Gasteiger partial charge is 0.508 e. The summed E-state index contributed by atoms with van der Waals surface area (Å²) in [7, 11) is 0. The van der Waals surface area contributed by atoms with Gasteiger partial charge < -0.3 is 10.4 Å². The van der Waals surface area contributed by atoms with Gasteiger partial charge in [0, 0.05) is 12.1 Å². The summed E-state index contributed by atoms with van der Waals surface area (Å²) in [5.74, 6) is 0.338. The molecule has 0 heterocycles. The highest BCUT2D eigenvalue weighted by molar-refractivity contribution is 5.27. The Morgan fingerprint density at radius 2 is 1.94 bits per heavy atom. The summed E-state index contributed by atoms with van der Waals surface area (Å²) in [6.07, 6.45) is 5.22. The van der Waals surface area contributed by atoms with Crippen LogP contribution in [0.4, 0.5) is 0 Å². The minimum atomic E-state index is 0.338. The van der Waals surface area contributed by atoms with E-state index in [0.717, 1.165) is 0 Å². The summed E-state index contributed by atoms with van der Waals surface area (Å²) in [4.78, 5) is 0. The van der Waals surface area contributed by atoms with Gasteiger partial charge >= 0.3 is 0 Å². The highest BCUT2D eigenvalue weighted by atomic mass is 16.3. The van der Waals surface area contributed by atoms with E-state index in [4.69, 9.17) is 0 Å². The van der Waals surface area contributed by atoms with Crippen LogP contribution in [-0.4, -0.2) is 11.1 Å². The number of hydrogen-bond donors (Lipinski definition) is 2. The molecule has 2 nitrogen and oxygen atoms in total. The first-order valence-corrected chi connectivity index (χ1v) is 7.01. The van der Waals surface area contributed by atoms with Crippen molar-refractivity contribution in [2.75, 3.05) is 0 Å². The second-order valence-electron chi connectivity index (χ2n) is 6.44. The number of aromatic hydroxyl groups is 1. The van der Waals surface area contributed by atoms with Crippen LogP contribution in [0.3, 0.4) is 0 Å². The maximum atomic E-state index is 9.31. The number of hydrogen-bond acceptors (Lipinski definition) is 2. The maximum Gasteiger partial charge on any atom is 0.115 e. The van der Waals surface area contributed by atoms with Crippen LogP contribution in [-0.2, 0) is 0 Å². The Kier molecular flexibility index (Phi) is 3.96. The Labute approximate surface area is 110 Å². The molecule has 0 radical (unpaired) electrons. The van der Waals surface area contributed by atoms with Crippen molar-refractivity contribution in [1.29, 1.82) is 0 Å². The molecule has 1 aliphatic rings. The molecule has 0 amide bonds. The van der Waals surface area contributed by atoms with Gasteiger partial charge in [0.2, 0.25) is 0 Å². The monoisotopic (exact) mass is 247 g/mol. The lowest BCUT2D eigenvalue weighted by molar-refractivity contribution is 0.191. The van der Waals surface area contributed by atoms with Crippen molar-refractivity contribution in [2.45, 2.75) is 58.5 Å². The molecule has 0 aromatic heterocycles. The van der Waals surface area contributed by atoms with E-state index in [-0.39, 0.29) is 0 Å². The van der Waals surface area contributed by atoms with Crippen LogP contribution >= 0.6 is 0 Å². The topological polar surface area (TPSA) is 32.3 Å². The Morgan fingerprint density at radius 1 is 1.28 bits per heavy atom. The summed E-state index contributed by atoms with van der Waals surface area (Å²) in [6, 6.07) is 8.50. The minimum Gasteiger partial charge on any atom is -0.508 e. The molecule has 2 heteroatoms. The lowest BCUT2D eigenvalue weighted by Gasteiger charge is -2.37. The molecule has 0 bridgehead atoms. The molecule has 18 heavy (non-hydrogen) atoms. The molecule has 0 spiro atoms. The molecule has 2 unspecified atom stereocenters. The molecular weight excluding hydrogens is 222 g/mol. The number of nitrogens with one attached hydrogen (secondary N) is 1. The maximum absolute atomic E-state index is 9.31. The minimum absolute atomic E-state index is 0.338. The summed E-state index contributed by atoms with van der Waals surface area (Å²) >= 11 is 0. The van der Waals surface area contributed by atoms with Gasteiger partial charge in [0.05, 0.1) is 0 Å². The van der Waals surface area contributed by atoms with E-state index in [0.29, 0.717) is 23.2 Å². The third-order valence-corrected chi connectivity index (χ3v) is 4.08. The highest BCUT2D eigenvalue weighted by Crippen LogP contribution is 2.35. The van der Waals surface area contributed by atoms with Gasteiger partial charge in [-0.2, -0.15) is 0 Å². The zero-order valence-electron chi connectivity index (χ0n) is 11.7. The van der Waals surface area contributed by atoms with Crippen molar-refractivity contribution in [3.05, 3.63) is 29.8 Å². The molecular formula is C16H25NO. The van der Waals surface area contributed by atoms with Crippen molar-refractivity contribution in [2.24, 2.45) is 5.41 Å². The van der Waals surface area contributed by atoms with Gasteiger partial charge in [0.1, 0.15) is 5.75 Å². The molecule has 1 aromatic carbocycles. The Bertz CT molecular complexity index is 383. The van der Waals surface area contributed by atoms with Crippen LogP contribution < -0.4 is 5.32 Å². The average molecular weight is 247 g/mol. The second-order valence-corrected chi connectivity index (χ2v) is 6.44. The van der Waals surface area contributed by atoms with E-state index in [9.17, 15) is 5.11 Å². The summed E-state index contributed by atoms with van der Waals surface area (Å²) in [5, 5.41) is 13.0. The van der Waals surface area contributed by atoms with Gasteiger partial charge in [-0.1, -0.05) is 32.4 Å². The van der Waals surface area contributed by atoms with E-state index in [1.54, 1.807) is 12.1 Å². The molecule has 0 aliphatic heterocycles. The molecule has 0 saturated heterocycles. The Morgan fingerprint density at radius 3 is 2.56 bits per heavy atom. The van der Waals surface area contributed by atoms with Gasteiger partial charge in [0.25, 0.3) is 0 Å². The van der Waals surface area contributed by atoms with Crippen molar-refractivity contribution in [3.8, 4) is 5.75 Å². The van der Waals surface area contributed by atoms with E-state index in [2.05, 4.69) is 26.1 Å². The molecule has 1 aliphatic carbocycles. The standard InChI is InChI=1S/C16H25NO/c1-12(13-6-8-15(18)9-7-13)17-14-5-4-10-16(2,3)11-14/h6-9,12,14,17-18H,4-5,10-11H2,1-3H3. The summed E-state index contributed by atoms with van der Waals surface area (Å²) in [6.45, 7) is 6.94. The predicted octanol–water partition coefficient (Wildman–Crippen LogP) is 4.01. The lowest BCUT2D eigenvalue weighted by atomic mass is 9.75. The van der Waals surface area contributed by atoms with Crippen molar-refractivity contribution >= 4 is 0 Å². The molecule has 2 rings (SSSR count). The molecule has 1 aromatic rings. The van der Waals surface area contributed by atoms with Crippen LogP contribution in [0.25, 0.3) is 0 Å². The molecule has 2 N–H and O–H groups in total. The lowest BCUT2D eigenvalue weighted by Crippen LogP contribution is -2.38. The SMILES string of the molecule is CC(NC1CCCC(C)(C)C1)c1ccc(O)cc1. The summed E-state index contributed by atoms with van der Waals surface area (Å²) < 4.78 is 0.